The summed E-state index contributed by atoms with van der Waals surface area (Å²) < 4.78 is 15.6. The number of ether oxygens (including phenoxy) is 1. The summed E-state index contributed by atoms with van der Waals surface area (Å²) in [5.74, 6) is -3.19. The summed E-state index contributed by atoms with van der Waals surface area (Å²) in [5, 5.41) is 23.8. The van der Waals surface area contributed by atoms with Crippen LogP contribution in [0.15, 0.2) is 42.5 Å². The summed E-state index contributed by atoms with van der Waals surface area (Å²) in [7, 11) is 0. The SMILES string of the molecule is CCC(=O)[N-]CC(=O)[N-]CC(=O)[N-]CC(=O)NCCCCOc1ccc2c(c1)c(CC(=O)O)c(C)n2C(=O)c1ccc(Cl)cc1.[O]=[Tc+4].[SH-]. The Bertz CT molecular complexity index is 1600. The number of aromatic nitrogens is 1. The maximum absolute atomic E-state index is 13.3. The summed E-state index contributed by atoms with van der Waals surface area (Å²) in [4.78, 5) is 71.2. The van der Waals surface area contributed by atoms with E-state index in [0.717, 1.165) is 18.9 Å². The average molecular weight is 786 g/mol. The molecule has 0 spiro atoms. The Kier molecular flexibility index (Phi) is 18.9. The summed E-state index contributed by atoms with van der Waals surface area (Å²) in [6, 6.07) is 11.6. The Morgan fingerprint density at radius 3 is 2.10 bits per heavy atom. The Hall–Kier alpha value is -4.11. The minimum absolute atomic E-state index is 0. The molecule has 1 heterocycles. The predicted molar refractivity (Wildman–Crippen MR) is 176 cm³/mol. The van der Waals surface area contributed by atoms with E-state index in [-0.39, 0.29) is 32.2 Å². The molecule has 0 fully saturated rings. The maximum atomic E-state index is 13.3. The van der Waals surface area contributed by atoms with Gasteiger partial charge in [-0.25, -0.2) is 0 Å². The number of thiol groups is 1. The van der Waals surface area contributed by atoms with Crippen LogP contribution in [-0.4, -0.2) is 78.0 Å². The van der Waals surface area contributed by atoms with E-state index in [4.69, 9.17) is 19.8 Å². The molecule has 0 atom stereocenters. The molecule has 3 rings (SSSR count). The van der Waals surface area contributed by atoms with Crippen molar-refractivity contribution >= 4 is 71.5 Å². The van der Waals surface area contributed by atoms with Crippen LogP contribution in [-0.2, 0) is 66.2 Å². The third kappa shape index (κ3) is 13.2. The van der Waals surface area contributed by atoms with E-state index >= 15 is 0 Å². The van der Waals surface area contributed by atoms with Crippen molar-refractivity contribution in [2.24, 2.45) is 0 Å². The number of hydrogen-bond donors (Lipinski definition) is 2. The van der Waals surface area contributed by atoms with E-state index in [1.54, 1.807) is 56.3 Å². The van der Waals surface area contributed by atoms with Crippen LogP contribution < -0.4 is 10.1 Å². The fourth-order valence-electron chi connectivity index (χ4n) is 4.29. The first-order chi connectivity index (χ1) is 22.5. The molecule has 3 aromatic rings. The molecule has 0 aliphatic heterocycles. The Balaban J connectivity index is 0.00000377. The molecule has 0 saturated heterocycles. The molecule has 0 aliphatic rings. The number of carboxylic acids is 1. The van der Waals surface area contributed by atoms with E-state index in [1.165, 1.54) is 4.57 Å². The molecule has 2 N–H and O–H groups in total. The zero-order valence-electron chi connectivity index (χ0n) is 26.1. The van der Waals surface area contributed by atoms with Gasteiger partial charge in [0, 0.05) is 40.0 Å². The molecule has 0 saturated carbocycles. The molecule has 257 valence electrons. The second kappa shape index (κ2) is 21.7. The van der Waals surface area contributed by atoms with Gasteiger partial charge in [0.1, 0.15) is 5.75 Å². The van der Waals surface area contributed by atoms with Gasteiger partial charge in [0.25, 0.3) is 5.91 Å². The van der Waals surface area contributed by atoms with E-state index in [2.05, 4.69) is 21.3 Å². The Morgan fingerprint density at radius 1 is 0.896 bits per heavy atom. The smallest absolute Gasteiger partial charge is 0.813 e. The minimum Gasteiger partial charge on any atom is -0.813 e. The Labute approximate surface area is 299 Å². The average Bonchev–Trinajstić information content (AvgIpc) is 3.33. The van der Waals surface area contributed by atoms with E-state index < -0.39 is 49.2 Å². The molecule has 2 aromatic carbocycles. The predicted octanol–water partition coefficient (Wildman–Crippen LogP) is 3.91. The zero-order valence-corrected chi connectivity index (χ0v) is 29.6. The first kappa shape index (κ1) is 41.9. The number of carbonyl (C=O) groups is 6. The molecule has 0 unspecified atom stereocenters. The number of carboxylic acid groups (broad SMARTS) is 1. The van der Waals surface area contributed by atoms with Gasteiger partial charge in [0.05, 0.1) is 24.5 Å². The summed E-state index contributed by atoms with van der Waals surface area (Å²) >= 11 is 6.86. The van der Waals surface area contributed by atoms with Gasteiger partial charge in [-0.05, 0) is 80.8 Å². The van der Waals surface area contributed by atoms with Gasteiger partial charge < -0.3 is 59.0 Å². The van der Waals surface area contributed by atoms with Crippen LogP contribution in [0.2, 0.25) is 5.02 Å². The fourth-order valence-corrected chi connectivity index (χ4v) is 4.42. The number of benzene rings is 2. The second-order valence-electron chi connectivity index (χ2n) is 9.85. The van der Waals surface area contributed by atoms with Crippen molar-refractivity contribution in [1.29, 1.82) is 0 Å². The van der Waals surface area contributed by atoms with Crippen LogP contribution in [0.4, 0.5) is 0 Å². The van der Waals surface area contributed by atoms with Gasteiger partial charge in [-0.2, -0.15) is 0 Å². The first-order valence-electron chi connectivity index (χ1n) is 14.3. The van der Waals surface area contributed by atoms with Crippen LogP contribution >= 0.6 is 11.6 Å². The van der Waals surface area contributed by atoms with Gasteiger partial charge in [-0.1, -0.05) is 31.6 Å². The molecule has 14 nitrogen and oxygen atoms in total. The number of amides is 4. The van der Waals surface area contributed by atoms with Crippen molar-refractivity contribution in [2.75, 3.05) is 32.8 Å². The monoisotopic (exact) mass is 784 g/mol. The number of fused-ring (bicyclic) bond motifs is 1. The number of rotatable bonds is 16. The largest absolute Gasteiger partial charge is 0.813 e. The number of nitrogens with zero attached hydrogens (tertiary/aromatic N) is 4. The number of carbonyl (C=O) groups excluding carboxylic acids is 5. The van der Waals surface area contributed by atoms with Gasteiger partial charge >= 0.3 is 28.3 Å². The third-order valence-corrected chi connectivity index (χ3v) is 6.83. The molecule has 1 aromatic heterocycles. The number of unbranched alkanes of at least 4 members (excludes halogenated alkanes) is 1. The minimum atomic E-state index is -1.03. The number of nitrogens with one attached hydrogen (secondary N) is 1. The summed E-state index contributed by atoms with van der Waals surface area (Å²) in [6.45, 7) is 2.59. The quantitative estimate of drug-likeness (QED) is 0.122. The van der Waals surface area contributed by atoms with Gasteiger partial charge in [0.15, 0.2) is 0 Å². The van der Waals surface area contributed by atoms with Crippen molar-refractivity contribution in [3.8, 4) is 5.75 Å². The summed E-state index contributed by atoms with van der Waals surface area (Å²) in [6.07, 6.45) is 1.05. The molecule has 0 radical (unpaired) electrons. The van der Waals surface area contributed by atoms with Crippen molar-refractivity contribution < 1.29 is 61.0 Å². The normalized spacial score (nSPS) is 10.1. The molecule has 48 heavy (non-hydrogen) atoms. The van der Waals surface area contributed by atoms with E-state index in [1.807, 2.05) is 0 Å². The fraction of sp³-hybridized carbons (Fsp3) is 0.355. The van der Waals surface area contributed by atoms with Crippen molar-refractivity contribution in [1.82, 2.24) is 9.88 Å². The molecular formula is C31H34ClN5O9STc. The van der Waals surface area contributed by atoms with Gasteiger partial charge in [-0.15, -0.1) is 0 Å². The van der Waals surface area contributed by atoms with Crippen LogP contribution in [0.25, 0.3) is 26.9 Å². The molecule has 0 bridgehead atoms. The zero-order chi connectivity index (χ0) is 34.9. The molecule has 0 aliphatic carbocycles. The van der Waals surface area contributed by atoms with E-state index in [9.17, 15) is 33.9 Å². The van der Waals surface area contributed by atoms with Crippen LogP contribution in [0.3, 0.4) is 0 Å². The topological polar surface area (TPSA) is 208 Å². The molecular weight excluding hydrogens is 752 g/mol. The number of aliphatic carboxylic acids is 1. The van der Waals surface area contributed by atoms with Crippen LogP contribution in [0.5, 0.6) is 5.75 Å². The van der Waals surface area contributed by atoms with Crippen molar-refractivity contribution in [3.63, 3.8) is 0 Å². The third-order valence-electron chi connectivity index (χ3n) is 6.57. The van der Waals surface area contributed by atoms with Gasteiger partial charge in [-0.3, -0.25) is 19.0 Å². The summed E-state index contributed by atoms with van der Waals surface area (Å²) in [5.41, 5.74) is 2.00. The van der Waals surface area contributed by atoms with Crippen molar-refractivity contribution in [3.05, 3.63) is 80.3 Å². The van der Waals surface area contributed by atoms with Gasteiger partial charge in [0.2, 0.25) is 5.91 Å². The van der Waals surface area contributed by atoms with E-state index in [0.29, 0.717) is 64.5 Å². The second-order valence-corrected chi connectivity index (χ2v) is 10.3. The number of halogens is 1. The number of hydrogen-bond acceptors (Lipinski definition) is 9. The Morgan fingerprint density at radius 2 is 1.50 bits per heavy atom. The van der Waals surface area contributed by atoms with Crippen LogP contribution in [0, 0.1) is 6.92 Å². The van der Waals surface area contributed by atoms with Crippen LogP contribution in [0.1, 0.15) is 47.8 Å². The molecule has 17 heteroatoms. The first-order valence-corrected chi connectivity index (χ1v) is 15.5. The standard InChI is InChI=1S/C31H36ClN5O8.O.H2S.Tc/c1-3-26(38)34-17-28(40)36-18-29(41)35-16-27(39)33-12-4-5-13-45-22-10-11-25-24(14-22)23(15-30(42)43)19(2)37(25)31(44)20-6-8-21(32)9-7-20;;;/h6-11,14H,3-5,12-13,15-18H2,1-2H3,(H5,33,34,35,36,38,39,40,41,42,43);;1H2;/q;;;+4/p-4. The molecule has 4 amide bonds. The maximum Gasteiger partial charge on any atom is -0.813 e. The van der Waals surface area contributed by atoms with Crippen molar-refractivity contribution in [2.45, 2.75) is 39.5 Å².